The van der Waals surface area contributed by atoms with E-state index in [4.69, 9.17) is 0 Å². The van der Waals surface area contributed by atoms with E-state index in [-0.39, 0.29) is 22.1 Å². The number of amides is 2. The number of hydrogen-bond acceptors (Lipinski definition) is 5. The number of carbonyl (C=O) groups is 2. The third-order valence-electron chi connectivity index (χ3n) is 2.39. The molecule has 0 radical (unpaired) electrons. The predicted octanol–water partition coefficient (Wildman–Crippen LogP) is 1.19. The molecule has 0 atom stereocenters. The van der Waals surface area contributed by atoms with Crippen LogP contribution in [0, 0.1) is 10.1 Å². The van der Waals surface area contributed by atoms with Crippen molar-refractivity contribution >= 4 is 28.2 Å². The molecule has 0 spiro atoms. The van der Waals surface area contributed by atoms with Crippen molar-refractivity contribution in [3.8, 4) is 0 Å². The Labute approximate surface area is 119 Å². The van der Waals surface area contributed by atoms with E-state index in [0.717, 1.165) is 11.3 Å². The summed E-state index contributed by atoms with van der Waals surface area (Å²) in [6.07, 6.45) is 2.08. The van der Waals surface area contributed by atoms with E-state index in [2.05, 4.69) is 4.99 Å². The Morgan fingerprint density at radius 2 is 2.15 bits per heavy atom. The maximum absolute atomic E-state index is 11.6. The van der Waals surface area contributed by atoms with Gasteiger partial charge in [0.15, 0.2) is 0 Å². The first-order valence-corrected chi connectivity index (χ1v) is 6.95. The van der Waals surface area contributed by atoms with Crippen molar-refractivity contribution in [2.24, 2.45) is 4.99 Å². The van der Waals surface area contributed by atoms with E-state index in [1.165, 1.54) is 22.8 Å². The molecule has 0 aliphatic heterocycles. The Bertz CT molecular complexity index is 589. The lowest BCUT2D eigenvalue weighted by Crippen LogP contribution is -2.44. The van der Waals surface area contributed by atoms with Gasteiger partial charge in [0.05, 0.1) is 4.92 Å². The Kier molecular flexibility index (Phi) is 5.56. The van der Waals surface area contributed by atoms with Crippen LogP contribution in [-0.2, 0) is 9.59 Å². The van der Waals surface area contributed by atoms with Gasteiger partial charge < -0.3 is 0 Å². The van der Waals surface area contributed by atoms with E-state index in [1.807, 2.05) is 6.92 Å². The summed E-state index contributed by atoms with van der Waals surface area (Å²) in [7, 11) is 0. The van der Waals surface area contributed by atoms with Crippen molar-refractivity contribution in [3.63, 3.8) is 0 Å². The lowest BCUT2D eigenvalue weighted by Gasteiger charge is -2.20. The number of thiazole rings is 1. The Hall–Kier alpha value is -2.03. The zero-order chi connectivity index (χ0) is 15.3. The molecule has 1 aromatic heterocycles. The van der Waals surface area contributed by atoms with Crippen molar-refractivity contribution in [2.45, 2.75) is 33.6 Å². The maximum atomic E-state index is 11.6. The van der Waals surface area contributed by atoms with Gasteiger partial charge in [0.25, 0.3) is 0 Å². The highest BCUT2D eigenvalue weighted by atomic mass is 32.1. The van der Waals surface area contributed by atoms with Gasteiger partial charge in [0.2, 0.25) is 16.6 Å². The van der Waals surface area contributed by atoms with Gasteiger partial charge in [-0.15, -0.1) is 0 Å². The summed E-state index contributed by atoms with van der Waals surface area (Å²) >= 11 is 0.765. The summed E-state index contributed by atoms with van der Waals surface area (Å²) in [6.45, 7) is 5.27. The monoisotopic (exact) mass is 300 g/mol. The molecular weight excluding hydrogens is 284 g/mol. The van der Waals surface area contributed by atoms with Gasteiger partial charge in [-0.3, -0.25) is 19.7 Å². The van der Waals surface area contributed by atoms with Crippen LogP contribution in [0.1, 0.15) is 33.6 Å². The number of carbonyl (C=O) groups excluding carboxylic acids is 2. The number of rotatable bonds is 5. The minimum Gasteiger partial charge on any atom is -0.273 e. The summed E-state index contributed by atoms with van der Waals surface area (Å²) in [5.41, 5.74) is 0. The summed E-state index contributed by atoms with van der Waals surface area (Å²) < 4.78 is 1.28. The third kappa shape index (κ3) is 3.73. The van der Waals surface area contributed by atoms with Gasteiger partial charge in [-0.05, 0) is 17.8 Å². The van der Waals surface area contributed by atoms with Gasteiger partial charge in [-0.2, -0.15) is 4.99 Å². The molecule has 0 aromatic carbocycles. The van der Waals surface area contributed by atoms with Crippen molar-refractivity contribution in [1.82, 2.24) is 4.68 Å². The summed E-state index contributed by atoms with van der Waals surface area (Å²) in [5, 5.41) is 12.0. The maximum Gasteiger partial charge on any atom is 0.345 e. The fourth-order valence-corrected chi connectivity index (χ4v) is 2.28. The number of aromatic nitrogens is 1. The lowest BCUT2D eigenvalue weighted by atomic mass is 10.4. The third-order valence-corrected chi connectivity index (χ3v) is 3.31. The molecule has 0 saturated carbocycles. The second-order valence-corrected chi connectivity index (χ2v) is 4.94. The highest BCUT2D eigenvalue weighted by molar-refractivity contribution is 7.12. The SMILES string of the molecule is CCCN(C(C)=O)n1cc([N+](=O)[O-])sc1=NC(=O)CC. The Morgan fingerprint density at radius 1 is 1.50 bits per heavy atom. The topological polar surface area (TPSA) is 97.8 Å². The van der Waals surface area contributed by atoms with E-state index in [9.17, 15) is 19.7 Å². The molecule has 1 heterocycles. The molecule has 1 rings (SSSR count). The summed E-state index contributed by atoms with van der Waals surface area (Å²) in [4.78, 5) is 37.3. The van der Waals surface area contributed by atoms with Crippen LogP contribution in [0.2, 0.25) is 0 Å². The van der Waals surface area contributed by atoms with Crippen LogP contribution in [0.15, 0.2) is 11.2 Å². The summed E-state index contributed by atoms with van der Waals surface area (Å²) in [5.74, 6) is -0.666. The quantitative estimate of drug-likeness (QED) is 0.602. The normalized spacial score (nSPS) is 11.4. The molecular formula is C11H16N4O4S. The number of nitro groups is 1. The second kappa shape index (κ2) is 6.94. The molecule has 1 aromatic rings. The molecule has 20 heavy (non-hydrogen) atoms. The van der Waals surface area contributed by atoms with Crippen LogP contribution < -0.4 is 9.81 Å². The van der Waals surface area contributed by atoms with E-state index in [0.29, 0.717) is 13.0 Å². The van der Waals surface area contributed by atoms with Crippen molar-refractivity contribution in [1.29, 1.82) is 0 Å². The first kappa shape index (κ1) is 16.0. The second-order valence-electron chi connectivity index (χ2n) is 3.95. The Balaban J connectivity index is 3.41. The van der Waals surface area contributed by atoms with Crippen LogP contribution in [0.3, 0.4) is 0 Å². The van der Waals surface area contributed by atoms with Crippen LogP contribution in [0.25, 0.3) is 0 Å². The van der Waals surface area contributed by atoms with Crippen molar-refractivity contribution < 1.29 is 14.5 Å². The average Bonchev–Trinajstić information content (AvgIpc) is 2.79. The molecule has 0 N–H and O–H groups in total. The highest BCUT2D eigenvalue weighted by Crippen LogP contribution is 2.14. The van der Waals surface area contributed by atoms with Gasteiger partial charge in [-0.25, -0.2) is 9.69 Å². The minimum atomic E-state index is -0.569. The van der Waals surface area contributed by atoms with Crippen LogP contribution in [0.4, 0.5) is 5.00 Å². The molecule has 110 valence electrons. The molecule has 0 unspecified atom stereocenters. The van der Waals surface area contributed by atoms with Crippen LogP contribution in [-0.4, -0.2) is 28.0 Å². The smallest absolute Gasteiger partial charge is 0.273 e. The molecule has 9 heteroatoms. The molecule has 8 nitrogen and oxygen atoms in total. The molecule has 0 bridgehead atoms. The minimum absolute atomic E-state index is 0.132. The predicted molar refractivity (Wildman–Crippen MR) is 73.9 cm³/mol. The van der Waals surface area contributed by atoms with Gasteiger partial charge in [0.1, 0.15) is 6.20 Å². The summed E-state index contributed by atoms with van der Waals surface area (Å²) in [6, 6.07) is 0. The van der Waals surface area contributed by atoms with E-state index in [1.54, 1.807) is 6.92 Å². The average molecular weight is 300 g/mol. The van der Waals surface area contributed by atoms with Gasteiger partial charge in [-0.1, -0.05) is 13.8 Å². The first-order chi connectivity index (χ1) is 9.40. The van der Waals surface area contributed by atoms with Gasteiger partial charge in [0, 0.05) is 19.9 Å². The molecule has 0 fully saturated rings. The largest absolute Gasteiger partial charge is 0.345 e. The number of nitrogens with zero attached hydrogens (tertiary/aromatic N) is 4. The van der Waals surface area contributed by atoms with Crippen molar-refractivity contribution in [2.75, 3.05) is 11.6 Å². The van der Waals surface area contributed by atoms with Crippen LogP contribution >= 0.6 is 11.3 Å². The fraction of sp³-hybridized carbons (Fsp3) is 0.545. The lowest BCUT2D eigenvalue weighted by molar-refractivity contribution is -0.380. The van der Waals surface area contributed by atoms with Crippen LogP contribution in [0.5, 0.6) is 0 Å². The molecule has 2 amide bonds. The molecule has 0 saturated heterocycles. The molecule has 0 aliphatic carbocycles. The zero-order valence-electron chi connectivity index (χ0n) is 11.5. The Morgan fingerprint density at radius 3 is 2.60 bits per heavy atom. The molecule has 0 aliphatic rings. The van der Waals surface area contributed by atoms with E-state index >= 15 is 0 Å². The van der Waals surface area contributed by atoms with Crippen molar-refractivity contribution in [3.05, 3.63) is 21.1 Å². The number of hydrogen-bond donors (Lipinski definition) is 0. The van der Waals surface area contributed by atoms with E-state index < -0.39 is 10.8 Å². The fourth-order valence-electron chi connectivity index (χ4n) is 1.47. The first-order valence-electron chi connectivity index (χ1n) is 6.13. The highest BCUT2D eigenvalue weighted by Gasteiger charge is 2.19. The van der Waals surface area contributed by atoms with Gasteiger partial charge >= 0.3 is 5.00 Å². The standard InChI is InChI=1S/C11H16N4O4S/c1-4-6-13(8(3)16)14-7-10(15(18)19)20-11(14)12-9(17)5-2/h7H,4-6H2,1-3H3. The zero-order valence-corrected chi connectivity index (χ0v) is 12.3.